The topological polar surface area (TPSA) is 115 Å². The molecule has 3 N–H and O–H groups in total. The summed E-state index contributed by atoms with van der Waals surface area (Å²) in [4.78, 5) is 23.0. The number of aromatic hydroxyl groups is 1. The zero-order chi connectivity index (χ0) is 36.0. The smallest absolute Gasteiger partial charge is 0.418 e. The van der Waals surface area contributed by atoms with Crippen LogP contribution in [0.15, 0.2) is 112 Å². The van der Waals surface area contributed by atoms with E-state index < -0.39 is 32.6 Å². The molecule has 1 fully saturated rings. The Morgan fingerprint density at radius 3 is 2.37 bits per heavy atom. The van der Waals surface area contributed by atoms with Gasteiger partial charge in [0.15, 0.2) is 0 Å². The lowest BCUT2D eigenvalue weighted by atomic mass is 10.1. The molecule has 0 bridgehead atoms. The molecule has 6 rings (SSSR count). The van der Waals surface area contributed by atoms with E-state index in [1.807, 2.05) is 40.4 Å². The molecule has 9 nitrogen and oxygen atoms in total. The van der Waals surface area contributed by atoms with Crippen LogP contribution in [0.4, 0.5) is 24.5 Å². The highest BCUT2D eigenvalue weighted by molar-refractivity contribution is 7.99. The van der Waals surface area contributed by atoms with Gasteiger partial charge >= 0.3 is 6.18 Å². The zero-order valence-corrected chi connectivity index (χ0v) is 29.6. The predicted octanol–water partition coefficient (Wildman–Crippen LogP) is 7.18. The summed E-state index contributed by atoms with van der Waals surface area (Å²) >= 11 is 3.13. The van der Waals surface area contributed by atoms with Crippen molar-refractivity contribution in [1.82, 2.24) is 14.6 Å². The van der Waals surface area contributed by atoms with Crippen LogP contribution < -0.4 is 14.9 Å². The van der Waals surface area contributed by atoms with Crippen LogP contribution in [-0.4, -0.2) is 67.8 Å². The van der Waals surface area contributed by atoms with Gasteiger partial charge in [0.2, 0.25) is 0 Å². The number of alkyl halides is 3. The molecule has 0 saturated carbocycles. The number of piperazine rings is 1. The van der Waals surface area contributed by atoms with E-state index >= 15 is 0 Å². The molecule has 3 heterocycles. The number of aromatic nitrogens is 1. The van der Waals surface area contributed by atoms with Gasteiger partial charge in [0.05, 0.1) is 16.7 Å². The Hall–Kier alpha value is -4.57. The van der Waals surface area contributed by atoms with E-state index in [1.54, 1.807) is 35.7 Å². The number of sulfonamides is 1. The van der Waals surface area contributed by atoms with Crippen molar-refractivity contribution in [2.45, 2.75) is 22.5 Å². The third kappa shape index (κ3) is 9.41. The minimum Gasteiger partial charge on any atom is -0.506 e. The van der Waals surface area contributed by atoms with Crippen LogP contribution >= 0.6 is 23.1 Å². The average Bonchev–Trinajstić information content (AvgIpc) is 3.59. The van der Waals surface area contributed by atoms with Gasteiger partial charge in [0.25, 0.3) is 15.9 Å². The number of pyridine rings is 1. The van der Waals surface area contributed by atoms with Gasteiger partial charge in [-0.05, 0) is 77.7 Å². The minimum absolute atomic E-state index is 0.0571. The number of rotatable bonds is 12. The SMILES string of the molecule is O=C(NS(=O)(=O)c1ccc(NCCSc2ccccc2)c(C(F)(F)F)c1)c1ccc(N2CCN(Cc3cc(-c4cncc(O)c4)cs3)CC2)cc1. The Kier molecular flexibility index (Phi) is 11.2. The van der Waals surface area contributed by atoms with Gasteiger partial charge in [0, 0.05) is 83.5 Å². The second-order valence-corrected chi connectivity index (χ2v) is 15.6. The first-order valence-electron chi connectivity index (χ1n) is 15.9. The summed E-state index contributed by atoms with van der Waals surface area (Å²) in [5, 5.41) is 14.5. The normalized spacial score (nSPS) is 14.0. The van der Waals surface area contributed by atoms with Gasteiger partial charge in [-0.3, -0.25) is 14.7 Å². The summed E-state index contributed by atoms with van der Waals surface area (Å²) in [6.45, 7) is 4.11. The predicted molar refractivity (Wildman–Crippen MR) is 195 cm³/mol. The van der Waals surface area contributed by atoms with Gasteiger partial charge in [-0.1, -0.05) is 18.2 Å². The van der Waals surface area contributed by atoms with Crippen LogP contribution in [0.2, 0.25) is 0 Å². The third-order valence-electron chi connectivity index (χ3n) is 8.22. The van der Waals surface area contributed by atoms with Crippen molar-refractivity contribution >= 4 is 50.4 Å². The van der Waals surface area contributed by atoms with Gasteiger partial charge in [0.1, 0.15) is 5.75 Å². The summed E-state index contributed by atoms with van der Waals surface area (Å²) in [5.74, 6) is -0.334. The van der Waals surface area contributed by atoms with Gasteiger partial charge in [-0.25, -0.2) is 13.1 Å². The Labute approximate surface area is 302 Å². The fourth-order valence-corrected chi connectivity index (χ4v) is 8.32. The van der Waals surface area contributed by atoms with Crippen LogP contribution in [0.1, 0.15) is 20.8 Å². The molecular weight excluding hydrogens is 720 g/mol. The van der Waals surface area contributed by atoms with Crippen LogP contribution in [-0.2, 0) is 22.7 Å². The zero-order valence-electron chi connectivity index (χ0n) is 27.1. The molecule has 1 aliphatic rings. The highest BCUT2D eigenvalue weighted by Gasteiger charge is 2.35. The van der Waals surface area contributed by atoms with E-state index in [4.69, 9.17) is 0 Å². The summed E-state index contributed by atoms with van der Waals surface area (Å²) in [5.41, 5.74) is 1.40. The highest BCUT2D eigenvalue weighted by atomic mass is 32.2. The van der Waals surface area contributed by atoms with Crippen molar-refractivity contribution in [3.63, 3.8) is 0 Å². The summed E-state index contributed by atoms with van der Waals surface area (Å²) < 4.78 is 69.9. The average molecular weight is 754 g/mol. The molecule has 266 valence electrons. The van der Waals surface area contributed by atoms with Crippen molar-refractivity contribution in [3.8, 4) is 16.9 Å². The maximum Gasteiger partial charge on any atom is 0.418 e. The van der Waals surface area contributed by atoms with Gasteiger partial charge < -0.3 is 15.3 Å². The number of halogens is 3. The van der Waals surface area contributed by atoms with Gasteiger partial charge in [-0.15, -0.1) is 23.1 Å². The number of hydrogen-bond acceptors (Lipinski definition) is 10. The van der Waals surface area contributed by atoms with Gasteiger partial charge in [-0.2, -0.15) is 13.2 Å². The Morgan fingerprint density at radius 1 is 0.922 bits per heavy atom. The summed E-state index contributed by atoms with van der Waals surface area (Å²) in [6.07, 6.45) is -1.71. The van der Waals surface area contributed by atoms with E-state index in [-0.39, 0.29) is 23.5 Å². The largest absolute Gasteiger partial charge is 0.506 e. The fourth-order valence-electron chi connectivity index (χ4n) is 5.60. The molecular formula is C36H34F3N5O4S3. The number of thiophene rings is 1. The van der Waals surface area contributed by atoms with Crippen molar-refractivity contribution in [2.75, 3.05) is 48.7 Å². The summed E-state index contributed by atoms with van der Waals surface area (Å²) in [7, 11) is -4.61. The van der Waals surface area contributed by atoms with Crippen LogP contribution in [0.25, 0.3) is 11.1 Å². The first kappa shape index (κ1) is 36.2. The number of anilines is 2. The van der Waals surface area contributed by atoms with E-state index in [1.165, 1.54) is 35.0 Å². The Morgan fingerprint density at radius 2 is 1.67 bits per heavy atom. The molecule has 0 atom stereocenters. The molecule has 1 aliphatic heterocycles. The lowest BCUT2D eigenvalue weighted by Gasteiger charge is -2.36. The monoisotopic (exact) mass is 753 g/mol. The molecule has 0 unspecified atom stereocenters. The molecule has 15 heteroatoms. The highest BCUT2D eigenvalue weighted by Crippen LogP contribution is 2.36. The lowest BCUT2D eigenvalue weighted by Crippen LogP contribution is -2.45. The number of amides is 1. The maximum atomic E-state index is 14.0. The van der Waals surface area contributed by atoms with E-state index in [9.17, 15) is 31.5 Å². The molecule has 5 aromatic rings. The first-order chi connectivity index (χ1) is 24.4. The lowest BCUT2D eigenvalue weighted by molar-refractivity contribution is -0.137. The standard InChI is InChI=1S/C36H34F3N5O4S3/c37-36(38,39)33-20-32(10-11-34(33)41-12-17-49-30-4-2-1-3-5-30)51(47,48)42-35(46)25-6-8-28(9-7-25)44-15-13-43(14-16-44)23-31-19-27(24-50-31)26-18-29(45)22-40-21-26/h1-11,18-22,24,41,45H,12-17,23H2,(H,42,46). The van der Waals surface area contributed by atoms with Crippen molar-refractivity contribution < 1.29 is 31.5 Å². The molecule has 2 aromatic heterocycles. The number of nitrogens with one attached hydrogen (secondary N) is 2. The Balaban J connectivity index is 1.02. The van der Waals surface area contributed by atoms with E-state index in [2.05, 4.69) is 26.2 Å². The quantitative estimate of drug-likeness (QED) is 0.0901. The maximum absolute atomic E-state index is 14.0. The molecule has 1 amide bonds. The second-order valence-electron chi connectivity index (χ2n) is 11.8. The van der Waals surface area contributed by atoms with Crippen molar-refractivity contribution in [1.29, 1.82) is 0 Å². The number of benzene rings is 3. The van der Waals surface area contributed by atoms with Crippen LogP contribution in [0.5, 0.6) is 5.75 Å². The third-order valence-corrected chi connectivity index (χ3v) is 11.5. The van der Waals surface area contributed by atoms with Crippen LogP contribution in [0, 0.1) is 0 Å². The van der Waals surface area contributed by atoms with Crippen molar-refractivity contribution in [3.05, 3.63) is 119 Å². The van der Waals surface area contributed by atoms with E-state index in [0.29, 0.717) is 11.8 Å². The number of carbonyl (C=O) groups is 1. The molecule has 51 heavy (non-hydrogen) atoms. The number of carbonyl (C=O) groups excluding carboxylic acids is 1. The van der Waals surface area contributed by atoms with E-state index in [0.717, 1.165) is 66.6 Å². The molecule has 1 saturated heterocycles. The Bertz CT molecular complexity index is 2070. The fraction of sp³-hybridized carbons (Fsp3) is 0.222. The molecule has 3 aromatic carbocycles. The summed E-state index contributed by atoms with van der Waals surface area (Å²) in [6, 6.07) is 22.3. The minimum atomic E-state index is -4.83. The van der Waals surface area contributed by atoms with Crippen molar-refractivity contribution in [2.24, 2.45) is 0 Å². The molecule has 0 aliphatic carbocycles. The molecule has 0 spiro atoms. The molecule has 0 radical (unpaired) electrons. The number of hydrogen-bond donors (Lipinski definition) is 3. The number of nitrogens with zero attached hydrogens (tertiary/aromatic N) is 3. The van der Waals surface area contributed by atoms with Crippen LogP contribution in [0.3, 0.4) is 0 Å². The second kappa shape index (κ2) is 15.8. The number of thioether (sulfide) groups is 1. The first-order valence-corrected chi connectivity index (χ1v) is 19.3.